The summed E-state index contributed by atoms with van der Waals surface area (Å²) in [5.74, 6) is 0. The van der Waals surface area contributed by atoms with E-state index in [-0.39, 0.29) is 0 Å². The number of hydrogen-bond donors (Lipinski definition) is 0. The van der Waals surface area contributed by atoms with Gasteiger partial charge in [0.25, 0.3) is 0 Å². The fourth-order valence-electron chi connectivity index (χ4n) is 7.07. The van der Waals surface area contributed by atoms with Crippen molar-refractivity contribution in [2.45, 2.75) is 25.6 Å². The molecular weight excluding hydrogens is 420 g/mol. The maximum atomic E-state index is 9.54. The smallest absolute Gasteiger partial charge is 0.101 e. The molecule has 0 saturated carbocycles. The minimum absolute atomic E-state index is 0.401. The van der Waals surface area contributed by atoms with E-state index in [1.54, 1.807) is 6.20 Å². The van der Waals surface area contributed by atoms with Gasteiger partial charge in [0, 0.05) is 80.2 Å². The summed E-state index contributed by atoms with van der Waals surface area (Å²) in [5, 5.41) is 10.6. The zero-order valence-electron chi connectivity index (χ0n) is 19.9. The minimum atomic E-state index is 0.401. The van der Waals surface area contributed by atoms with Crippen LogP contribution in [0.4, 0.5) is 11.4 Å². The Morgan fingerprint density at radius 3 is 2.68 bits per heavy atom. The van der Waals surface area contributed by atoms with Crippen LogP contribution in [-0.2, 0) is 6.54 Å². The van der Waals surface area contributed by atoms with Gasteiger partial charge in [0.15, 0.2) is 0 Å². The van der Waals surface area contributed by atoms with Crippen molar-refractivity contribution in [2.75, 3.05) is 56.1 Å². The molecule has 6 nitrogen and oxygen atoms in total. The van der Waals surface area contributed by atoms with Crippen molar-refractivity contribution in [3.8, 4) is 6.07 Å². The number of likely N-dealkylation sites (tertiary alicyclic amines) is 1. The Bertz CT molecular complexity index is 1330. The van der Waals surface area contributed by atoms with Crippen molar-refractivity contribution < 1.29 is 0 Å². The summed E-state index contributed by atoms with van der Waals surface area (Å²) in [5.41, 5.74) is 7.57. The van der Waals surface area contributed by atoms with Crippen molar-refractivity contribution in [3.05, 3.63) is 65.4 Å². The summed E-state index contributed by atoms with van der Waals surface area (Å²) >= 11 is 0. The van der Waals surface area contributed by atoms with Gasteiger partial charge in [-0.05, 0) is 61.5 Å². The van der Waals surface area contributed by atoms with Crippen LogP contribution in [0, 0.1) is 16.7 Å². The SMILES string of the molecule is C[C@@H]1CN(c2ccc(C#N)c3ncccc23)C[C@@H]2c3ccc(N4CC5(CN(C)C5)C4)cc3CN12. The molecule has 3 aromatic rings. The molecule has 1 spiro atoms. The topological polar surface area (TPSA) is 49.6 Å². The lowest BCUT2D eigenvalue weighted by Gasteiger charge is -2.60. The summed E-state index contributed by atoms with van der Waals surface area (Å²) in [4.78, 5) is 14.7. The van der Waals surface area contributed by atoms with Crippen molar-refractivity contribution >= 4 is 22.3 Å². The molecule has 0 bridgehead atoms. The first kappa shape index (κ1) is 20.3. The van der Waals surface area contributed by atoms with Gasteiger partial charge < -0.3 is 14.7 Å². The monoisotopic (exact) mass is 450 g/mol. The van der Waals surface area contributed by atoms with Crippen molar-refractivity contribution in [1.82, 2.24) is 14.8 Å². The predicted octanol–water partition coefficient (Wildman–Crippen LogP) is 3.62. The van der Waals surface area contributed by atoms with Gasteiger partial charge in [-0.25, -0.2) is 0 Å². The van der Waals surface area contributed by atoms with E-state index in [2.05, 4.69) is 75.0 Å². The van der Waals surface area contributed by atoms with Crippen LogP contribution in [0.25, 0.3) is 10.9 Å². The fourth-order valence-corrected chi connectivity index (χ4v) is 7.07. The molecule has 0 radical (unpaired) electrons. The Morgan fingerprint density at radius 1 is 1.03 bits per heavy atom. The van der Waals surface area contributed by atoms with Crippen LogP contribution in [-0.4, -0.2) is 67.1 Å². The first-order valence-corrected chi connectivity index (χ1v) is 12.4. The molecule has 0 aliphatic carbocycles. The molecule has 1 aromatic heterocycles. The molecular formula is C28H30N6. The maximum Gasteiger partial charge on any atom is 0.101 e. The maximum absolute atomic E-state index is 9.54. The summed E-state index contributed by atoms with van der Waals surface area (Å²) in [7, 11) is 2.22. The van der Waals surface area contributed by atoms with E-state index >= 15 is 0 Å². The predicted molar refractivity (Wildman–Crippen MR) is 135 cm³/mol. The van der Waals surface area contributed by atoms with Gasteiger partial charge in [-0.2, -0.15) is 5.26 Å². The highest BCUT2D eigenvalue weighted by atomic mass is 15.3. The molecule has 0 N–H and O–H groups in total. The van der Waals surface area contributed by atoms with Crippen LogP contribution in [0.3, 0.4) is 0 Å². The van der Waals surface area contributed by atoms with Crippen molar-refractivity contribution in [1.29, 1.82) is 5.26 Å². The number of rotatable bonds is 2. The second-order valence-corrected chi connectivity index (χ2v) is 11.0. The van der Waals surface area contributed by atoms with E-state index in [9.17, 15) is 5.26 Å². The van der Waals surface area contributed by atoms with Crippen molar-refractivity contribution in [2.24, 2.45) is 5.41 Å². The average molecular weight is 451 g/mol. The van der Waals surface area contributed by atoms with Crippen LogP contribution < -0.4 is 9.80 Å². The largest absolute Gasteiger partial charge is 0.370 e. The zero-order chi connectivity index (χ0) is 23.0. The standard InChI is InChI=1S/C28H30N6/c1-19-12-32(25-8-5-20(11-29)27-24(25)4-3-9-30-27)14-26-23-7-6-22(10-21(23)13-34(19)26)33-17-28(18-33)15-31(2)16-28/h3-10,19,26H,12-18H2,1-2H3/t19-,26-/m1/s1. The lowest BCUT2D eigenvalue weighted by Crippen LogP contribution is -2.71. The number of nitriles is 1. The molecule has 4 aliphatic heterocycles. The van der Waals surface area contributed by atoms with E-state index in [0.29, 0.717) is 23.1 Å². The van der Waals surface area contributed by atoms with Gasteiger partial charge >= 0.3 is 0 Å². The molecule has 0 unspecified atom stereocenters. The van der Waals surface area contributed by atoms with Gasteiger partial charge in [0.1, 0.15) is 6.07 Å². The first-order chi connectivity index (χ1) is 16.5. The molecule has 0 amide bonds. The number of pyridine rings is 1. The van der Waals surface area contributed by atoms with Gasteiger partial charge in [0.05, 0.1) is 17.1 Å². The highest BCUT2D eigenvalue weighted by Gasteiger charge is 2.50. The van der Waals surface area contributed by atoms with Gasteiger partial charge in [-0.3, -0.25) is 9.88 Å². The van der Waals surface area contributed by atoms with Crippen LogP contribution in [0.15, 0.2) is 48.7 Å². The van der Waals surface area contributed by atoms with Crippen LogP contribution in [0.5, 0.6) is 0 Å². The number of anilines is 2. The Hall–Kier alpha value is -3.14. The molecule has 172 valence electrons. The zero-order valence-corrected chi connectivity index (χ0v) is 19.9. The Balaban J connectivity index is 1.17. The molecule has 7 rings (SSSR count). The van der Waals surface area contributed by atoms with E-state index < -0.39 is 0 Å². The third-order valence-electron chi connectivity index (χ3n) is 8.52. The number of benzene rings is 2. The lowest BCUT2D eigenvalue weighted by atomic mass is 9.73. The molecule has 5 heterocycles. The van der Waals surface area contributed by atoms with Crippen LogP contribution in [0.1, 0.15) is 29.7 Å². The highest BCUT2D eigenvalue weighted by molar-refractivity contribution is 5.95. The summed E-state index contributed by atoms with van der Waals surface area (Å²) in [6.45, 7) is 10.2. The number of fused-ring (bicyclic) bond motifs is 4. The third kappa shape index (κ3) is 2.90. The van der Waals surface area contributed by atoms with E-state index in [4.69, 9.17) is 0 Å². The summed E-state index contributed by atoms with van der Waals surface area (Å²) in [6, 6.07) is 18.5. The second kappa shape index (κ2) is 7.18. The normalized spacial score (nSPS) is 25.6. The second-order valence-electron chi connectivity index (χ2n) is 11.0. The highest BCUT2D eigenvalue weighted by Crippen LogP contribution is 2.45. The Morgan fingerprint density at radius 2 is 1.88 bits per heavy atom. The minimum Gasteiger partial charge on any atom is -0.370 e. The van der Waals surface area contributed by atoms with E-state index in [0.717, 1.165) is 30.5 Å². The molecule has 3 fully saturated rings. The quantitative estimate of drug-likeness (QED) is 0.594. The summed E-state index contributed by atoms with van der Waals surface area (Å²) < 4.78 is 0. The third-order valence-corrected chi connectivity index (χ3v) is 8.52. The van der Waals surface area contributed by atoms with Gasteiger partial charge in [0.2, 0.25) is 0 Å². The molecule has 34 heavy (non-hydrogen) atoms. The Kier molecular flexibility index (Phi) is 4.28. The van der Waals surface area contributed by atoms with Crippen molar-refractivity contribution in [3.63, 3.8) is 0 Å². The lowest BCUT2D eigenvalue weighted by molar-refractivity contribution is -0.00239. The van der Waals surface area contributed by atoms with E-state index in [1.807, 2.05) is 12.1 Å². The van der Waals surface area contributed by atoms with Gasteiger partial charge in [-0.1, -0.05) is 6.07 Å². The number of hydrogen-bond acceptors (Lipinski definition) is 6. The molecule has 2 atom stereocenters. The number of aromatic nitrogens is 1. The van der Waals surface area contributed by atoms with E-state index in [1.165, 1.54) is 48.7 Å². The molecule has 4 aliphatic rings. The average Bonchev–Trinajstić information content (AvgIpc) is 3.18. The molecule has 2 aromatic carbocycles. The molecule has 6 heteroatoms. The number of piperazine rings is 1. The van der Waals surface area contributed by atoms with Crippen LogP contribution in [0.2, 0.25) is 0 Å². The fraction of sp³-hybridized carbons (Fsp3) is 0.429. The van der Waals surface area contributed by atoms with Gasteiger partial charge in [-0.15, -0.1) is 0 Å². The Labute approximate surface area is 201 Å². The molecule has 3 saturated heterocycles. The first-order valence-electron chi connectivity index (χ1n) is 12.4. The van der Waals surface area contributed by atoms with Crippen LogP contribution >= 0.6 is 0 Å². The summed E-state index contributed by atoms with van der Waals surface area (Å²) in [6.07, 6.45) is 1.78. The number of nitrogens with zero attached hydrogens (tertiary/aromatic N) is 6.